The molecule has 2 N–H and O–H groups in total. The number of rotatable bonds is 2. The van der Waals surface area contributed by atoms with Gasteiger partial charge < -0.3 is 10.6 Å². The van der Waals surface area contributed by atoms with Gasteiger partial charge in [0.15, 0.2) is 0 Å². The summed E-state index contributed by atoms with van der Waals surface area (Å²) in [6.07, 6.45) is 9.12. The van der Waals surface area contributed by atoms with Crippen LogP contribution in [0.1, 0.15) is 51.4 Å². The third-order valence-electron chi connectivity index (χ3n) is 4.28. The van der Waals surface area contributed by atoms with Crippen molar-refractivity contribution in [3.8, 4) is 0 Å². The van der Waals surface area contributed by atoms with Crippen LogP contribution in [0.25, 0.3) is 0 Å². The minimum Gasteiger partial charge on any atom is -0.343 e. The van der Waals surface area contributed by atoms with Crippen LogP contribution in [0.5, 0.6) is 0 Å². The molecule has 2 atom stereocenters. The fraction of sp³-hybridized carbons (Fsp3) is 0.923. The Hall–Kier alpha value is -0.280. The molecule has 4 heteroatoms. The highest BCUT2D eigenvalue weighted by molar-refractivity contribution is 5.85. The van der Waals surface area contributed by atoms with Gasteiger partial charge in [0.2, 0.25) is 5.91 Å². The summed E-state index contributed by atoms with van der Waals surface area (Å²) in [6, 6.07) is 0.755. The first-order chi connectivity index (χ1) is 7.68. The lowest BCUT2D eigenvalue weighted by molar-refractivity contribution is -0.137. The fourth-order valence-electron chi connectivity index (χ4n) is 3.21. The predicted molar refractivity (Wildman–Crippen MR) is 72.2 cm³/mol. The summed E-state index contributed by atoms with van der Waals surface area (Å²) in [5, 5.41) is 0. The van der Waals surface area contributed by atoms with Gasteiger partial charge >= 0.3 is 0 Å². The molecule has 0 aliphatic heterocycles. The third kappa shape index (κ3) is 3.59. The first-order valence-electron chi connectivity index (χ1n) is 6.70. The number of halogens is 1. The molecule has 0 radical (unpaired) electrons. The van der Waals surface area contributed by atoms with Crippen LogP contribution in [0.4, 0.5) is 0 Å². The molecule has 2 unspecified atom stereocenters. The summed E-state index contributed by atoms with van der Waals surface area (Å²) in [4.78, 5) is 14.3. The van der Waals surface area contributed by atoms with Gasteiger partial charge in [-0.1, -0.05) is 19.3 Å². The van der Waals surface area contributed by atoms with Crippen molar-refractivity contribution in [1.29, 1.82) is 0 Å². The second-order valence-electron chi connectivity index (χ2n) is 5.51. The summed E-state index contributed by atoms with van der Waals surface area (Å²) in [7, 11) is 1.98. The molecular formula is C13H25ClN2O. The normalized spacial score (nSPS) is 29.8. The molecule has 0 aromatic heterocycles. The number of carbonyl (C=O) groups excluding carboxylic acids is 1. The molecule has 2 rings (SSSR count). The Morgan fingerprint density at radius 2 is 1.76 bits per heavy atom. The first-order valence-corrected chi connectivity index (χ1v) is 6.70. The van der Waals surface area contributed by atoms with E-state index >= 15 is 0 Å². The molecule has 0 bridgehead atoms. The molecule has 2 saturated carbocycles. The maximum Gasteiger partial charge on any atom is 0.225 e. The summed E-state index contributed by atoms with van der Waals surface area (Å²) in [5.41, 5.74) is 5.95. The quantitative estimate of drug-likeness (QED) is 0.828. The molecule has 2 aliphatic rings. The van der Waals surface area contributed by atoms with Crippen molar-refractivity contribution in [2.24, 2.45) is 11.7 Å². The van der Waals surface area contributed by atoms with E-state index < -0.39 is 0 Å². The van der Waals surface area contributed by atoms with Gasteiger partial charge in [-0.25, -0.2) is 0 Å². The van der Waals surface area contributed by atoms with Crippen LogP contribution in [0.15, 0.2) is 0 Å². The second-order valence-corrected chi connectivity index (χ2v) is 5.51. The van der Waals surface area contributed by atoms with Crippen LogP contribution in [0.3, 0.4) is 0 Å². The van der Waals surface area contributed by atoms with Crippen LogP contribution in [0, 0.1) is 5.92 Å². The van der Waals surface area contributed by atoms with Crippen LogP contribution < -0.4 is 5.73 Å². The number of carbonyl (C=O) groups is 1. The van der Waals surface area contributed by atoms with Gasteiger partial charge in [0, 0.05) is 25.0 Å². The fourth-order valence-corrected chi connectivity index (χ4v) is 3.21. The smallest absolute Gasteiger partial charge is 0.225 e. The Morgan fingerprint density at radius 3 is 2.35 bits per heavy atom. The SMILES string of the molecule is CN(C(=O)C1CCCC(N)C1)C1CCCC1.Cl. The summed E-state index contributed by atoms with van der Waals surface area (Å²) < 4.78 is 0. The van der Waals surface area contributed by atoms with Gasteiger partial charge in [0.05, 0.1) is 0 Å². The molecule has 1 amide bonds. The van der Waals surface area contributed by atoms with Crippen LogP contribution in [-0.4, -0.2) is 29.9 Å². The summed E-state index contributed by atoms with van der Waals surface area (Å²) in [6.45, 7) is 0. The Morgan fingerprint density at radius 1 is 1.12 bits per heavy atom. The number of nitrogens with zero attached hydrogens (tertiary/aromatic N) is 1. The van der Waals surface area contributed by atoms with Crippen molar-refractivity contribution in [3.05, 3.63) is 0 Å². The van der Waals surface area contributed by atoms with Crippen molar-refractivity contribution in [2.75, 3.05) is 7.05 Å². The molecular weight excluding hydrogens is 236 g/mol. The monoisotopic (exact) mass is 260 g/mol. The van der Waals surface area contributed by atoms with Crippen molar-refractivity contribution in [1.82, 2.24) is 4.90 Å². The van der Waals surface area contributed by atoms with Crippen LogP contribution in [0.2, 0.25) is 0 Å². The van der Waals surface area contributed by atoms with E-state index in [1.807, 2.05) is 11.9 Å². The van der Waals surface area contributed by atoms with E-state index in [9.17, 15) is 4.79 Å². The largest absolute Gasteiger partial charge is 0.343 e. The third-order valence-corrected chi connectivity index (χ3v) is 4.28. The standard InChI is InChI=1S/C13H24N2O.ClH/c1-15(12-7-2-3-8-12)13(16)10-5-4-6-11(14)9-10;/h10-12H,2-9,14H2,1H3;1H. The maximum atomic E-state index is 12.3. The molecule has 0 saturated heterocycles. The van der Waals surface area contributed by atoms with Gasteiger partial charge in [-0.05, 0) is 32.1 Å². The van der Waals surface area contributed by atoms with E-state index in [2.05, 4.69) is 0 Å². The van der Waals surface area contributed by atoms with Gasteiger partial charge in [-0.2, -0.15) is 0 Å². The van der Waals surface area contributed by atoms with Gasteiger partial charge in [0.1, 0.15) is 0 Å². The van der Waals surface area contributed by atoms with E-state index in [1.165, 1.54) is 25.7 Å². The minimum absolute atomic E-state index is 0. The zero-order chi connectivity index (χ0) is 11.5. The van der Waals surface area contributed by atoms with Crippen LogP contribution >= 0.6 is 12.4 Å². The van der Waals surface area contributed by atoms with Crippen molar-refractivity contribution >= 4 is 18.3 Å². The van der Waals surface area contributed by atoms with Crippen molar-refractivity contribution in [3.63, 3.8) is 0 Å². The molecule has 2 fully saturated rings. The molecule has 3 nitrogen and oxygen atoms in total. The molecule has 2 aliphatic carbocycles. The first kappa shape index (κ1) is 14.8. The highest BCUT2D eigenvalue weighted by Gasteiger charge is 2.31. The molecule has 0 heterocycles. The minimum atomic E-state index is 0. The van der Waals surface area contributed by atoms with Crippen molar-refractivity contribution in [2.45, 2.75) is 63.5 Å². The Bertz CT molecular complexity index is 250. The number of hydrogen-bond donors (Lipinski definition) is 1. The van der Waals surface area contributed by atoms with E-state index in [-0.39, 0.29) is 24.4 Å². The van der Waals surface area contributed by atoms with E-state index in [0.29, 0.717) is 11.9 Å². The van der Waals surface area contributed by atoms with Crippen molar-refractivity contribution < 1.29 is 4.79 Å². The zero-order valence-corrected chi connectivity index (χ0v) is 11.5. The zero-order valence-electron chi connectivity index (χ0n) is 10.7. The van der Waals surface area contributed by atoms with E-state index in [1.54, 1.807) is 0 Å². The highest BCUT2D eigenvalue weighted by Crippen LogP contribution is 2.28. The van der Waals surface area contributed by atoms with E-state index in [4.69, 9.17) is 5.73 Å². The van der Waals surface area contributed by atoms with E-state index in [0.717, 1.165) is 25.7 Å². The lowest BCUT2D eigenvalue weighted by Crippen LogP contribution is -2.42. The lowest BCUT2D eigenvalue weighted by Gasteiger charge is -2.32. The Balaban J connectivity index is 0.00000144. The van der Waals surface area contributed by atoms with Gasteiger partial charge in [-0.3, -0.25) is 4.79 Å². The topological polar surface area (TPSA) is 46.3 Å². The Kier molecular flexibility index (Phi) is 5.74. The Labute approximate surface area is 111 Å². The number of nitrogens with two attached hydrogens (primary N) is 1. The summed E-state index contributed by atoms with van der Waals surface area (Å²) in [5.74, 6) is 0.552. The molecule has 17 heavy (non-hydrogen) atoms. The predicted octanol–water partition coefficient (Wildman–Crippen LogP) is 2.33. The molecule has 0 aromatic carbocycles. The highest BCUT2D eigenvalue weighted by atomic mass is 35.5. The molecule has 0 spiro atoms. The number of amides is 1. The maximum absolute atomic E-state index is 12.3. The average molecular weight is 261 g/mol. The second kappa shape index (κ2) is 6.60. The average Bonchev–Trinajstić information content (AvgIpc) is 2.80. The molecule has 0 aromatic rings. The molecule has 100 valence electrons. The number of hydrogen-bond acceptors (Lipinski definition) is 2. The van der Waals surface area contributed by atoms with Crippen LogP contribution in [-0.2, 0) is 4.79 Å². The van der Waals surface area contributed by atoms with Gasteiger partial charge in [-0.15, -0.1) is 12.4 Å². The lowest BCUT2D eigenvalue weighted by atomic mass is 9.85. The van der Waals surface area contributed by atoms with Gasteiger partial charge in [0.25, 0.3) is 0 Å². The summed E-state index contributed by atoms with van der Waals surface area (Å²) >= 11 is 0.